The SMILES string of the molecule is CCC(C)NC(=O)CCNC(=O)CNC1CC1. The molecule has 2 amide bonds. The molecular formula is C12H23N3O2. The molecule has 0 spiro atoms. The summed E-state index contributed by atoms with van der Waals surface area (Å²) in [6, 6.07) is 0.740. The smallest absolute Gasteiger partial charge is 0.233 e. The summed E-state index contributed by atoms with van der Waals surface area (Å²) in [7, 11) is 0. The molecule has 0 radical (unpaired) electrons. The Kier molecular flexibility index (Phi) is 5.97. The third kappa shape index (κ3) is 6.94. The van der Waals surface area contributed by atoms with Crippen LogP contribution < -0.4 is 16.0 Å². The number of nitrogens with one attached hydrogen (secondary N) is 3. The van der Waals surface area contributed by atoms with E-state index in [1.54, 1.807) is 0 Å². The minimum atomic E-state index is -0.0340. The summed E-state index contributed by atoms with van der Waals surface area (Å²) in [5.41, 5.74) is 0. The maximum atomic E-state index is 11.4. The van der Waals surface area contributed by atoms with E-state index >= 15 is 0 Å². The van der Waals surface area contributed by atoms with Crippen molar-refractivity contribution in [3.63, 3.8) is 0 Å². The van der Waals surface area contributed by atoms with Gasteiger partial charge in [0.1, 0.15) is 0 Å². The summed E-state index contributed by atoms with van der Waals surface area (Å²) in [5.74, 6) is -0.0388. The van der Waals surface area contributed by atoms with E-state index < -0.39 is 0 Å². The van der Waals surface area contributed by atoms with Crippen molar-refractivity contribution in [1.29, 1.82) is 0 Å². The fourth-order valence-corrected chi connectivity index (χ4v) is 1.35. The molecule has 0 saturated heterocycles. The quantitative estimate of drug-likeness (QED) is 0.567. The van der Waals surface area contributed by atoms with E-state index in [0.717, 1.165) is 6.42 Å². The average Bonchev–Trinajstić information content (AvgIpc) is 3.10. The molecule has 1 fully saturated rings. The Morgan fingerprint density at radius 2 is 2.00 bits per heavy atom. The van der Waals surface area contributed by atoms with Crippen LogP contribution in [0.1, 0.15) is 39.5 Å². The third-order valence-electron chi connectivity index (χ3n) is 2.82. The Labute approximate surface area is 103 Å². The highest BCUT2D eigenvalue weighted by atomic mass is 16.2. The Morgan fingerprint density at radius 1 is 1.29 bits per heavy atom. The first-order valence-electron chi connectivity index (χ1n) is 6.41. The van der Waals surface area contributed by atoms with Crippen LogP contribution in [0.5, 0.6) is 0 Å². The Bertz CT molecular complexity index is 264. The Hall–Kier alpha value is -1.10. The van der Waals surface area contributed by atoms with E-state index in [1.807, 2.05) is 13.8 Å². The average molecular weight is 241 g/mol. The minimum Gasteiger partial charge on any atom is -0.354 e. The lowest BCUT2D eigenvalue weighted by Gasteiger charge is -2.11. The number of carbonyl (C=O) groups is 2. The van der Waals surface area contributed by atoms with Gasteiger partial charge in [-0.2, -0.15) is 0 Å². The first-order valence-corrected chi connectivity index (χ1v) is 6.41. The van der Waals surface area contributed by atoms with Crippen molar-refractivity contribution in [1.82, 2.24) is 16.0 Å². The molecule has 0 aromatic rings. The van der Waals surface area contributed by atoms with Gasteiger partial charge in [-0.15, -0.1) is 0 Å². The summed E-state index contributed by atoms with van der Waals surface area (Å²) in [5, 5.41) is 8.71. The van der Waals surface area contributed by atoms with E-state index in [9.17, 15) is 9.59 Å². The summed E-state index contributed by atoms with van der Waals surface area (Å²) in [6.07, 6.45) is 3.61. The van der Waals surface area contributed by atoms with Crippen molar-refractivity contribution in [2.75, 3.05) is 13.1 Å². The van der Waals surface area contributed by atoms with Crippen molar-refractivity contribution in [3.05, 3.63) is 0 Å². The second-order valence-electron chi connectivity index (χ2n) is 4.63. The molecule has 1 rings (SSSR count). The molecule has 0 aromatic carbocycles. The monoisotopic (exact) mass is 241 g/mol. The highest BCUT2D eigenvalue weighted by Gasteiger charge is 2.20. The number of carbonyl (C=O) groups excluding carboxylic acids is 2. The standard InChI is InChI=1S/C12H23N3O2/c1-3-9(2)15-11(16)6-7-13-12(17)8-14-10-4-5-10/h9-10,14H,3-8H2,1-2H3,(H,13,17)(H,15,16). The molecule has 5 heteroatoms. The van der Waals surface area contributed by atoms with Crippen LogP contribution in [0, 0.1) is 0 Å². The van der Waals surface area contributed by atoms with Crippen LogP contribution in [-0.4, -0.2) is 37.0 Å². The summed E-state index contributed by atoms with van der Waals surface area (Å²) in [4.78, 5) is 22.7. The van der Waals surface area contributed by atoms with Gasteiger partial charge < -0.3 is 16.0 Å². The van der Waals surface area contributed by atoms with Gasteiger partial charge in [0, 0.05) is 25.0 Å². The molecule has 1 aliphatic carbocycles. The van der Waals surface area contributed by atoms with Crippen molar-refractivity contribution in [2.45, 2.75) is 51.6 Å². The van der Waals surface area contributed by atoms with Crippen molar-refractivity contribution < 1.29 is 9.59 Å². The predicted molar refractivity (Wildman–Crippen MR) is 66.5 cm³/mol. The van der Waals surface area contributed by atoms with Crippen LogP contribution in [0.4, 0.5) is 0 Å². The van der Waals surface area contributed by atoms with Crippen LogP contribution >= 0.6 is 0 Å². The highest BCUT2D eigenvalue weighted by Crippen LogP contribution is 2.17. The van der Waals surface area contributed by atoms with Crippen molar-refractivity contribution in [2.24, 2.45) is 0 Å². The second kappa shape index (κ2) is 7.27. The van der Waals surface area contributed by atoms with Gasteiger partial charge in [-0.05, 0) is 26.2 Å². The summed E-state index contributed by atoms with van der Waals surface area (Å²) >= 11 is 0. The van der Waals surface area contributed by atoms with E-state index in [2.05, 4.69) is 16.0 Å². The van der Waals surface area contributed by atoms with Crippen molar-refractivity contribution >= 4 is 11.8 Å². The van der Waals surface area contributed by atoms with E-state index in [4.69, 9.17) is 0 Å². The molecule has 1 aliphatic rings. The second-order valence-corrected chi connectivity index (χ2v) is 4.63. The molecule has 0 heterocycles. The summed E-state index contributed by atoms with van der Waals surface area (Å²) < 4.78 is 0. The van der Waals surface area contributed by atoms with E-state index in [0.29, 0.717) is 25.6 Å². The van der Waals surface area contributed by atoms with Gasteiger partial charge in [0.15, 0.2) is 0 Å². The normalized spacial score (nSPS) is 16.4. The first kappa shape index (κ1) is 14.0. The topological polar surface area (TPSA) is 70.2 Å². The van der Waals surface area contributed by atoms with Crippen LogP contribution in [-0.2, 0) is 9.59 Å². The molecule has 3 N–H and O–H groups in total. The Morgan fingerprint density at radius 3 is 2.59 bits per heavy atom. The Balaban J connectivity index is 1.97. The number of hydrogen-bond acceptors (Lipinski definition) is 3. The minimum absolute atomic E-state index is 0.00481. The van der Waals surface area contributed by atoms with Crippen LogP contribution in [0.3, 0.4) is 0 Å². The third-order valence-corrected chi connectivity index (χ3v) is 2.82. The molecule has 17 heavy (non-hydrogen) atoms. The zero-order chi connectivity index (χ0) is 12.7. The van der Waals surface area contributed by atoms with Gasteiger partial charge in [-0.3, -0.25) is 9.59 Å². The fourth-order valence-electron chi connectivity index (χ4n) is 1.35. The van der Waals surface area contributed by atoms with Gasteiger partial charge >= 0.3 is 0 Å². The molecule has 0 bridgehead atoms. The van der Waals surface area contributed by atoms with Crippen LogP contribution in [0.2, 0.25) is 0 Å². The van der Waals surface area contributed by atoms with Gasteiger partial charge in [0.05, 0.1) is 6.54 Å². The van der Waals surface area contributed by atoms with E-state index in [1.165, 1.54) is 12.8 Å². The van der Waals surface area contributed by atoms with Gasteiger partial charge in [-0.25, -0.2) is 0 Å². The molecule has 5 nitrogen and oxygen atoms in total. The molecule has 0 aromatic heterocycles. The van der Waals surface area contributed by atoms with Gasteiger partial charge in [0.2, 0.25) is 11.8 Å². The zero-order valence-corrected chi connectivity index (χ0v) is 10.7. The highest BCUT2D eigenvalue weighted by molar-refractivity contribution is 5.80. The van der Waals surface area contributed by atoms with Crippen molar-refractivity contribution in [3.8, 4) is 0 Å². The molecule has 1 atom stereocenters. The van der Waals surface area contributed by atoms with Crippen LogP contribution in [0.15, 0.2) is 0 Å². The molecule has 98 valence electrons. The molecular weight excluding hydrogens is 218 g/mol. The number of amides is 2. The maximum Gasteiger partial charge on any atom is 0.233 e. The summed E-state index contributed by atoms with van der Waals surface area (Å²) in [6.45, 7) is 4.76. The maximum absolute atomic E-state index is 11.4. The largest absolute Gasteiger partial charge is 0.354 e. The van der Waals surface area contributed by atoms with Crippen LogP contribution in [0.25, 0.3) is 0 Å². The van der Waals surface area contributed by atoms with Gasteiger partial charge in [-0.1, -0.05) is 6.92 Å². The lowest BCUT2D eigenvalue weighted by atomic mass is 10.2. The lowest BCUT2D eigenvalue weighted by molar-refractivity contribution is -0.122. The molecule has 0 aliphatic heterocycles. The zero-order valence-electron chi connectivity index (χ0n) is 10.7. The lowest BCUT2D eigenvalue weighted by Crippen LogP contribution is -2.38. The predicted octanol–water partition coefficient (Wildman–Crippen LogP) is 0.159. The molecule has 1 saturated carbocycles. The fraction of sp³-hybridized carbons (Fsp3) is 0.833. The number of hydrogen-bond donors (Lipinski definition) is 3. The van der Waals surface area contributed by atoms with E-state index in [-0.39, 0.29) is 17.9 Å². The van der Waals surface area contributed by atoms with Gasteiger partial charge in [0.25, 0.3) is 0 Å². The first-order chi connectivity index (χ1) is 8.11. The number of rotatable bonds is 8. The molecule has 1 unspecified atom stereocenters.